The number of nitrogens with one attached hydrogen (secondary N) is 1. The smallest absolute Gasteiger partial charge is 0.303 e. The fourth-order valence-electron chi connectivity index (χ4n) is 6.90. The van der Waals surface area contributed by atoms with Crippen molar-refractivity contribution in [2.75, 3.05) is 6.54 Å². The van der Waals surface area contributed by atoms with E-state index in [9.17, 15) is 19.8 Å². The second-order valence-corrected chi connectivity index (χ2v) is 11.1. The van der Waals surface area contributed by atoms with Gasteiger partial charge >= 0.3 is 5.97 Å². The monoisotopic (exact) mass is 427 g/mol. The highest BCUT2D eigenvalue weighted by Crippen LogP contribution is 2.55. The van der Waals surface area contributed by atoms with Crippen LogP contribution in [0.1, 0.15) is 69.9 Å². The third kappa shape index (κ3) is 4.58. The molecule has 4 saturated carbocycles. The minimum absolute atomic E-state index is 0.00132. The molecule has 4 aliphatic rings. The van der Waals surface area contributed by atoms with E-state index in [1.54, 1.807) is 0 Å². The summed E-state index contributed by atoms with van der Waals surface area (Å²) >= 11 is 0. The zero-order valence-corrected chi connectivity index (χ0v) is 19.1. The maximum absolute atomic E-state index is 13.6. The Morgan fingerprint density at radius 1 is 1.19 bits per heavy atom. The lowest BCUT2D eigenvalue weighted by molar-refractivity contribution is -0.141. The molecule has 0 saturated heterocycles. The predicted octanol–water partition coefficient (Wildman–Crippen LogP) is 3.85. The van der Waals surface area contributed by atoms with Crippen LogP contribution in [-0.2, 0) is 15.0 Å². The van der Waals surface area contributed by atoms with Crippen LogP contribution in [0.3, 0.4) is 0 Å². The molecule has 0 heterocycles. The van der Waals surface area contributed by atoms with Gasteiger partial charge in [0.15, 0.2) is 0 Å². The Morgan fingerprint density at radius 2 is 1.87 bits per heavy atom. The molecule has 5 nitrogen and oxygen atoms in total. The molecule has 1 aromatic rings. The fourth-order valence-corrected chi connectivity index (χ4v) is 6.90. The molecule has 31 heavy (non-hydrogen) atoms. The van der Waals surface area contributed by atoms with Crippen molar-refractivity contribution in [1.29, 1.82) is 0 Å². The summed E-state index contributed by atoms with van der Waals surface area (Å²) in [5.74, 6) is 0.488. The van der Waals surface area contributed by atoms with Gasteiger partial charge in [-0.3, -0.25) is 9.59 Å². The molecule has 4 aliphatic carbocycles. The molecule has 3 unspecified atom stereocenters. The van der Waals surface area contributed by atoms with E-state index in [2.05, 4.69) is 11.4 Å². The van der Waals surface area contributed by atoms with Gasteiger partial charge in [-0.1, -0.05) is 29.8 Å². The quantitative estimate of drug-likeness (QED) is 0.557. The Balaban J connectivity index is 1.48. The van der Waals surface area contributed by atoms with Crippen molar-refractivity contribution in [2.45, 2.75) is 82.8 Å². The Labute approximate surface area is 185 Å². The van der Waals surface area contributed by atoms with E-state index in [1.165, 1.54) is 12.8 Å². The van der Waals surface area contributed by atoms with Gasteiger partial charge in [-0.25, -0.2) is 0 Å². The van der Waals surface area contributed by atoms with Crippen molar-refractivity contribution < 1.29 is 19.8 Å². The van der Waals surface area contributed by atoms with Crippen molar-refractivity contribution >= 4 is 11.8 Å². The van der Waals surface area contributed by atoms with Crippen molar-refractivity contribution in [2.24, 2.45) is 23.7 Å². The highest BCUT2D eigenvalue weighted by atomic mass is 16.4. The van der Waals surface area contributed by atoms with E-state index in [0.29, 0.717) is 36.8 Å². The normalized spacial score (nSPS) is 32.8. The summed E-state index contributed by atoms with van der Waals surface area (Å²) in [6, 6.07) is 8.37. The molecule has 4 fully saturated rings. The molecule has 0 aromatic heterocycles. The van der Waals surface area contributed by atoms with Crippen LogP contribution in [0, 0.1) is 30.6 Å². The number of Topliss-reactive ketones (excluding diaryl/α,β-unsaturated/α-hetero) is 1. The van der Waals surface area contributed by atoms with Crippen LogP contribution in [0.4, 0.5) is 0 Å². The number of carbonyl (C=O) groups is 2. The number of aliphatic carboxylic acids is 1. The van der Waals surface area contributed by atoms with Crippen LogP contribution in [0.2, 0.25) is 0 Å². The third-order valence-corrected chi connectivity index (χ3v) is 8.27. The lowest BCUT2D eigenvalue weighted by atomic mass is 9.52. The number of aliphatic hydroxyl groups is 1. The number of aryl methyl sites for hydroxylation is 1. The highest BCUT2D eigenvalue weighted by Gasteiger charge is 2.54. The molecule has 4 bridgehead atoms. The number of carboxylic acid groups (broad SMARTS) is 1. The van der Waals surface area contributed by atoms with Crippen LogP contribution >= 0.6 is 0 Å². The van der Waals surface area contributed by atoms with Gasteiger partial charge in [-0.2, -0.15) is 0 Å². The minimum Gasteiger partial charge on any atom is -0.481 e. The third-order valence-electron chi connectivity index (χ3n) is 8.27. The maximum Gasteiger partial charge on any atom is 0.303 e. The van der Waals surface area contributed by atoms with Crippen molar-refractivity contribution in [3.63, 3.8) is 0 Å². The van der Waals surface area contributed by atoms with Crippen molar-refractivity contribution in [1.82, 2.24) is 5.32 Å². The molecule has 0 amide bonds. The highest BCUT2D eigenvalue weighted by molar-refractivity contribution is 5.91. The topological polar surface area (TPSA) is 86.6 Å². The zero-order chi connectivity index (χ0) is 22.4. The number of hydrogen-bond donors (Lipinski definition) is 3. The maximum atomic E-state index is 13.6. The lowest BCUT2D eigenvalue weighted by Gasteiger charge is -2.58. The molecule has 170 valence electrons. The first-order chi connectivity index (χ1) is 14.6. The Hall–Kier alpha value is -1.72. The van der Waals surface area contributed by atoms with Gasteiger partial charge in [0, 0.05) is 30.3 Å². The summed E-state index contributed by atoms with van der Waals surface area (Å²) in [5, 5.41) is 23.8. The van der Waals surface area contributed by atoms with Crippen molar-refractivity contribution in [3.05, 3.63) is 35.4 Å². The van der Waals surface area contributed by atoms with Crippen LogP contribution in [0.25, 0.3) is 0 Å². The second kappa shape index (κ2) is 8.32. The standard InChI is InChI=1S/C26H37NO4/c1-16-5-4-6-21(9-16)25(2,3)24(30)18(7-8-22(28)29)15-27-23-19-10-17-11-20(23)14-26(31,12-17)13-19/h4-6,9,17-20,23,27,31H,7-8,10-15H2,1-3H3,(H,28,29). The zero-order valence-electron chi connectivity index (χ0n) is 19.1. The molecule has 3 N–H and O–H groups in total. The Morgan fingerprint density at radius 3 is 2.45 bits per heavy atom. The number of carboxylic acids is 1. The molecule has 0 aliphatic heterocycles. The molecule has 0 spiro atoms. The summed E-state index contributed by atoms with van der Waals surface area (Å²) in [4.78, 5) is 24.9. The summed E-state index contributed by atoms with van der Waals surface area (Å²) in [6.07, 6.45) is 5.36. The summed E-state index contributed by atoms with van der Waals surface area (Å²) in [6.45, 7) is 6.45. The second-order valence-electron chi connectivity index (χ2n) is 11.1. The molecular formula is C26H37NO4. The summed E-state index contributed by atoms with van der Waals surface area (Å²) < 4.78 is 0. The van der Waals surface area contributed by atoms with E-state index in [4.69, 9.17) is 0 Å². The molecular weight excluding hydrogens is 390 g/mol. The van der Waals surface area contributed by atoms with Gasteiger partial charge in [0.05, 0.1) is 5.60 Å². The molecule has 5 rings (SSSR count). The largest absolute Gasteiger partial charge is 0.481 e. The number of benzene rings is 1. The number of carbonyl (C=O) groups excluding carboxylic acids is 1. The molecule has 3 atom stereocenters. The summed E-state index contributed by atoms with van der Waals surface area (Å²) in [7, 11) is 0. The first-order valence-electron chi connectivity index (χ1n) is 11.9. The van der Waals surface area contributed by atoms with Gasteiger partial charge in [0.25, 0.3) is 0 Å². The minimum atomic E-state index is -0.858. The van der Waals surface area contributed by atoms with E-state index in [1.807, 2.05) is 39.0 Å². The first-order valence-corrected chi connectivity index (χ1v) is 11.9. The Bertz CT molecular complexity index is 832. The average Bonchev–Trinajstić information content (AvgIpc) is 2.67. The first kappa shape index (κ1) is 22.5. The van der Waals surface area contributed by atoms with E-state index >= 15 is 0 Å². The van der Waals surface area contributed by atoms with Crippen molar-refractivity contribution in [3.8, 4) is 0 Å². The van der Waals surface area contributed by atoms with Gasteiger partial charge in [-0.15, -0.1) is 0 Å². The van der Waals surface area contributed by atoms with Crippen LogP contribution < -0.4 is 5.32 Å². The van der Waals surface area contributed by atoms with Crippen LogP contribution in [-0.4, -0.2) is 40.2 Å². The van der Waals surface area contributed by atoms with Gasteiger partial charge in [-0.05, 0) is 82.6 Å². The van der Waals surface area contributed by atoms with Gasteiger partial charge in [0.2, 0.25) is 0 Å². The molecule has 5 heteroatoms. The summed E-state index contributed by atoms with van der Waals surface area (Å²) in [5.41, 5.74) is 0.955. The number of hydrogen-bond acceptors (Lipinski definition) is 4. The predicted molar refractivity (Wildman–Crippen MR) is 120 cm³/mol. The SMILES string of the molecule is Cc1cccc(C(C)(C)C(=O)C(CCC(=O)O)CNC2C3CC4CC2CC(O)(C4)C3)c1. The number of rotatable bonds is 9. The van der Waals surface area contributed by atoms with E-state index < -0.39 is 17.0 Å². The van der Waals surface area contributed by atoms with E-state index in [-0.39, 0.29) is 18.1 Å². The number of ketones is 1. The Kier molecular flexibility index (Phi) is 6.04. The lowest BCUT2D eigenvalue weighted by Crippen LogP contribution is -2.61. The fraction of sp³-hybridized carbons (Fsp3) is 0.692. The van der Waals surface area contributed by atoms with E-state index in [0.717, 1.165) is 30.4 Å². The van der Waals surface area contributed by atoms with Crippen LogP contribution in [0.15, 0.2) is 24.3 Å². The molecule has 0 radical (unpaired) electrons. The van der Waals surface area contributed by atoms with Gasteiger partial charge < -0.3 is 15.5 Å². The van der Waals surface area contributed by atoms with Crippen LogP contribution in [0.5, 0.6) is 0 Å². The van der Waals surface area contributed by atoms with Gasteiger partial charge in [0.1, 0.15) is 5.78 Å². The molecule has 1 aromatic carbocycles. The average molecular weight is 428 g/mol.